The molecule has 1 aliphatic rings. The van der Waals surface area contributed by atoms with E-state index >= 15 is 0 Å². The third-order valence-electron chi connectivity index (χ3n) is 3.17. The van der Waals surface area contributed by atoms with Gasteiger partial charge in [0.1, 0.15) is 0 Å². The molecule has 9 heteroatoms. The van der Waals surface area contributed by atoms with Crippen LogP contribution in [-0.2, 0) is 16.2 Å². The second-order valence-electron chi connectivity index (χ2n) is 4.89. The van der Waals surface area contributed by atoms with Crippen molar-refractivity contribution < 1.29 is 21.6 Å². The molecule has 0 radical (unpaired) electrons. The molecule has 1 N–H and O–H groups in total. The van der Waals surface area contributed by atoms with Gasteiger partial charge in [-0.25, -0.2) is 8.42 Å². The molecule has 0 aromatic heterocycles. The Balaban J connectivity index is 2.42. The minimum Gasteiger partial charge on any atom is -0.312 e. The molecule has 21 heavy (non-hydrogen) atoms. The number of halogens is 4. The largest absolute Gasteiger partial charge is 0.416 e. The molecule has 1 aromatic rings. The molecule has 1 atom stereocenters. The Morgan fingerprint density at radius 2 is 2.00 bits per heavy atom. The Morgan fingerprint density at radius 3 is 2.57 bits per heavy atom. The first-order valence-corrected chi connectivity index (χ1v) is 8.04. The Morgan fingerprint density at radius 1 is 1.33 bits per heavy atom. The summed E-state index contributed by atoms with van der Waals surface area (Å²) >= 11 is 5.63. The summed E-state index contributed by atoms with van der Waals surface area (Å²) in [4.78, 5) is -0.434. The first-order chi connectivity index (χ1) is 9.60. The van der Waals surface area contributed by atoms with Crippen molar-refractivity contribution in [2.75, 3.05) is 19.6 Å². The number of hydrogen-bond donors (Lipinski definition) is 1. The highest BCUT2D eigenvalue weighted by molar-refractivity contribution is 7.89. The van der Waals surface area contributed by atoms with Gasteiger partial charge in [0.15, 0.2) is 0 Å². The molecule has 1 saturated heterocycles. The molecule has 1 aromatic carbocycles. The highest BCUT2D eigenvalue weighted by atomic mass is 35.5. The third kappa shape index (κ3) is 3.68. The number of alkyl halides is 3. The minimum atomic E-state index is -4.65. The molecule has 0 aliphatic carbocycles. The predicted molar refractivity (Wildman–Crippen MR) is 72.7 cm³/mol. The third-order valence-corrected chi connectivity index (χ3v) is 5.23. The van der Waals surface area contributed by atoms with Crippen molar-refractivity contribution >= 4 is 21.6 Å². The summed E-state index contributed by atoms with van der Waals surface area (Å²) < 4.78 is 64.3. The van der Waals surface area contributed by atoms with Gasteiger partial charge in [-0.1, -0.05) is 11.6 Å². The monoisotopic (exact) mass is 342 g/mol. The molecule has 1 heterocycles. The number of nitrogens with one attached hydrogen (secondary N) is 1. The normalized spacial score (nSPS) is 21.5. The fourth-order valence-corrected chi connectivity index (χ4v) is 4.04. The molecule has 0 amide bonds. The topological polar surface area (TPSA) is 49.4 Å². The van der Waals surface area contributed by atoms with Gasteiger partial charge in [0, 0.05) is 30.7 Å². The van der Waals surface area contributed by atoms with Gasteiger partial charge in [-0.05, 0) is 25.1 Å². The summed E-state index contributed by atoms with van der Waals surface area (Å²) in [5.74, 6) is 0. The first-order valence-electron chi connectivity index (χ1n) is 6.22. The lowest BCUT2D eigenvalue weighted by Crippen LogP contribution is -2.51. The van der Waals surface area contributed by atoms with Crippen LogP contribution in [0.15, 0.2) is 23.1 Å². The number of hydrogen-bond acceptors (Lipinski definition) is 3. The molecule has 1 fully saturated rings. The average Bonchev–Trinajstić information content (AvgIpc) is 2.37. The van der Waals surface area contributed by atoms with E-state index in [1.807, 2.05) is 0 Å². The lowest BCUT2D eigenvalue weighted by atomic mass is 10.2. The summed E-state index contributed by atoms with van der Waals surface area (Å²) in [5.41, 5.74) is -1.07. The van der Waals surface area contributed by atoms with Crippen molar-refractivity contribution in [3.8, 4) is 0 Å². The van der Waals surface area contributed by atoms with E-state index in [1.165, 1.54) is 4.31 Å². The van der Waals surface area contributed by atoms with Crippen molar-refractivity contribution in [1.82, 2.24) is 9.62 Å². The number of nitrogens with zero attached hydrogens (tertiary/aromatic N) is 1. The van der Waals surface area contributed by atoms with E-state index in [-0.39, 0.29) is 24.2 Å². The minimum absolute atomic E-state index is 0.0604. The molecular formula is C12H14ClF3N2O2S. The number of rotatable bonds is 2. The first kappa shape index (κ1) is 16.5. The Hall–Kier alpha value is -0.830. The molecule has 0 bridgehead atoms. The van der Waals surface area contributed by atoms with Gasteiger partial charge in [-0.2, -0.15) is 17.5 Å². The van der Waals surface area contributed by atoms with Crippen molar-refractivity contribution in [3.63, 3.8) is 0 Å². The highest BCUT2D eigenvalue weighted by Crippen LogP contribution is 2.33. The zero-order chi connectivity index (χ0) is 15.8. The van der Waals surface area contributed by atoms with Gasteiger partial charge in [0.05, 0.1) is 10.5 Å². The molecule has 4 nitrogen and oxygen atoms in total. The SMILES string of the molecule is CC1CN(S(=O)(=O)c2cc(Cl)cc(C(F)(F)F)c2)CCN1. The lowest BCUT2D eigenvalue weighted by molar-refractivity contribution is -0.137. The van der Waals surface area contributed by atoms with Crippen molar-refractivity contribution in [3.05, 3.63) is 28.8 Å². The fourth-order valence-electron chi connectivity index (χ4n) is 2.14. The highest BCUT2D eigenvalue weighted by Gasteiger charge is 2.34. The van der Waals surface area contributed by atoms with E-state index in [2.05, 4.69) is 5.32 Å². The van der Waals surface area contributed by atoms with Crippen LogP contribution in [0.5, 0.6) is 0 Å². The van der Waals surface area contributed by atoms with Crippen LogP contribution in [0.2, 0.25) is 5.02 Å². The molecule has 1 aliphatic heterocycles. The Kier molecular flexibility index (Phi) is 4.53. The molecule has 1 unspecified atom stereocenters. The number of benzene rings is 1. The van der Waals surface area contributed by atoms with E-state index in [1.54, 1.807) is 6.92 Å². The van der Waals surface area contributed by atoms with Crippen LogP contribution in [0.3, 0.4) is 0 Å². The fraction of sp³-hybridized carbons (Fsp3) is 0.500. The van der Waals surface area contributed by atoms with Gasteiger partial charge < -0.3 is 5.32 Å². The van der Waals surface area contributed by atoms with E-state index in [0.29, 0.717) is 18.7 Å². The zero-order valence-corrected chi connectivity index (χ0v) is 12.7. The predicted octanol–water partition coefficient (Wildman–Crippen LogP) is 2.34. The summed E-state index contributed by atoms with van der Waals surface area (Å²) in [7, 11) is -3.99. The van der Waals surface area contributed by atoms with Crippen LogP contribution in [0.1, 0.15) is 12.5 Å². The van der Waals surface area contributed by atoms with Crippen LogP contribution in [0.25, 0.3) is 0 Å². The second kappa shape index (κ2) is 5.75. The van der Waals surface area contributed by atoms with Crippen LogP contribution in [0.4, 0.5) is 13.2 Å². The van der Waals surface area contributed by atoms with Crippen molar-refractivity contribution in [2.24, 2.45) is 0 Å². The maximum atomic E-state index is 12.8. The number of piperazine rings is 1. The number of sulfonamides is 1. The summed E-state index contributed by atoms with van der Waals surface area (Å²) in [5, 5.41) is 2.81. The molecule has 0 spiro atoms. The molecule has 2 rings (SSSR count). The van der Waals surface area contributed by atoms with E-state index in [9.17, 15) is 21.6 Å². The Bertz CT molecular complexity index is 634. The van der Waals surface area contributed by atoms with Gasteiger partial charge >= 0.3 is 6.18 Å². The lowest BCUT2D eigenvalue weighted by Gasteiger charge is -2.31. The smallest absolute Gasteiger partial charge is 0.312 e. The maximum Gasteiger partial charge on any atom is 0.416 e. The van der Waals surface area contributed by atoms with Gasteiger partial charge in [-0.15, -0.1) is 0 Å². The Labute approximate surface area is 125 Å². The maximum absolute atomic E-state index is 12.8. The van der Waals surface area contributed by atoms with Crippen molar-refractivity contribution in [2.45, 2.75) is 24.0 Å². The van der Waals surface area contributed by atoms with Crippen LogP contribution in [0, 0.1) is 0 Å². The van der Waals surface area contributed by atoms with Crippen LogP contribution in [-0.4, -0.2) is 38.4 Å². The summed E-state index contributed by atoms with van der Waals surface area (Å²) in [6, 6.07) is 2.31. The van der Waals surface area contributed by atoms with E-state index < -0.39 is 26.7 Å². The zero-order valence-electron chi connectivity index (χ0n) is 11.1. The van der Waals surface area contributed by atoms with Gasteiger partial charge in [-0.3, -0.25) is 0 Å². The van der Waals surface area contributed by atoms with Gasteiger partial charge in [0.2, 0.25) is 10.0 Å². The average molecular weight is 343 g/mol. The van der Waals surface area contributed by atoms with Crippen LogP contribution < -0.4 is 5.32 Å². The van der Waals surface area contributed by atoms with Crippen LogP contribution >= 0.6 is 11.6 Å². The second-order valence-corrected chi connectivity index (χ2v) is 7.27. The van der Waals surface area contributed by atoms with Crippen molar-refractivity contribution in [1.29, 1.82) is 0 Å². The molecule has 0 saturated carbocycles. The van der Waals surface area contributed by atoms with Gasteiger partial charge in [0.25, 0.3) is 0 Å². The quantitative estimate of drug-likeness (QED) is 0.897. The summed E-state index contributed by atoms with van der Waals surface area (Å²) in [6.45, 7) is 2.67. The van der Waals surface area contributed by atoms with E-state index in [4.69, 9.17) is 11.6 Å². The summed E-state index contributed by atoms with van der Waals surface area (Å²) in [6.07, 6.45) is -4.65. The standard InChI is InChI=1S/C12H14ClF3N2O2S/c1-8-7-18(3-2-17-8)21(19,20)11-5-9(12(14,15)16)4-10(13)6-11/h4-6,8,17H,2-3,7H2,1H3. The molecule has 118 valence electrons. The molecular weight excluding hydrogens is 329 g/mol. The van der Waals surface area contributed by atoms with E-state index in [0.717, 1.165) is 6.07 Å².